The average molecular weight is 443 g/mol. The van der Waals surface area contributed by atoms with Gasteiger partial charge in [-0.1, -0.05) is 60.1 Å². The van der Waals surface area contributed by atoms with Crippen molar-refractivity contribution in [3.05, 3.63) is 11.6 Å². The van der Waals surface area contributed by atoms with E-state index in [0.717, 1.165) is 12.3 Å². The SMILES string of the molecule is C[C@@H]1[C@@H](C)CC[C@@]2(CO)CC[C@]3(C)C(=CC[C@H]4[C@@]5(C)CC[C@@H](O)C(C)(C)[C@H]5CC[C@]43C)[C@@H]12. The van der Waals surface area contributed by atoms with Crippen molar-refractivity contribution >= 4 is 0 Å². The Morgan fingerprint density at radius 3 is 2.28 bits per heavy atom. The van der Waals surface area contributed by atoms with Crippen LogP contribution >= 0.6 is 0 Å². The first kappa shape index (κ1) is 23.4. The molecule has 4 saturated carbocycles. The molecule has 2 N–H and O–H groups in total. The average Bonchev–Trinajstić information content (AvgIpc) is 2.74. The molecule has 0 radical (unpaired) electrons. The first-order valence-corrected chi connectivity index (χ1v) is 13.9. The predicted octanol–water partition coefficient (Wildman–Crippen LogP) is 7.00. The Labute approximate surface area is 197 Å². The first-order valence-electron chi connectivity index (χ1n) is 13.9. The maximum atomic E-state index is 10.9. The topological polar surface area (TPSA) is 40.5 Å². The smallest absolute Gasteiger partial charge is 0.0594 e. The number of hydrogen-bond donors (Lipinski definition) is 2. The molecule has 2 heteroatoms. The highest BCUT2D eigenvalue weighted by Crippen LogP contribution is 2.75. The normalized spacial score (nSPS) is 56.8. The highest BCUT2D eigenvalue weighted by Gasteiger charge is 2.68. The van der Waals surface area contributed by atoms with Crippen LogP contribution in [-0.4, -0.2) is 22.9 Å². The third-order valence-corrected chi connectivity index (χ3v) is 13.5. The standard InChI is InChI=1S/C30H50O2/c1-19-10-15-30(18-31)17-16-28(6)21(25(30)20(19)2)8-9-23-27(5)13-12-24(32)26(3,4)22(27)11-14-29(23,28)7/h8,19-20,22-25,31-32H,9-18H2,1-7H3/t19-,20+,22+,23-,24+,25+,27-,28+,29+,30-/m0/s1. The fraction of sp³-hybridized carbons (Fsp3) is 0.933. The summed E-state index contributed by atoms with van der Waals surface area (Å²) in [6, 6.07) is 0. The quantitative estimate of drug-likeness (QED) is 0.429. The summed E-state index contributed by atoms with van der Waals surface area (Å²) >= 11 is 0. The van der Waals surface area contributed by atoms with Crippen molar-refractivity contribution in [3.63, 3.8) is 0 Å². The second-order valence-corrected chi connectivity index (χ2v) is 14.5. The third kappa shape index (κ3) is 2.66. The molecule has 0 aromatic rings. The van der Waals surface area contributed by atoms with Crippen molar-refractivity contribution in [2.24, 2.45) is 56.7 Å². The first-order chi connectivity index (χ1) is 14.9. The molecule has 2 nitrogen and oxygen atoms in total. The van der Waals surface area contributed by atoms with E-state index in [9.17, 15) is 10.2 Å². The summed E-state index contributed by atoms with van der Waals surface area (Å²) in [5, 5.41) is 21.6. The van der Waals surface area contributed by atoms with Gasteiger partial charge >= 0.3 is 0 Å². The molecule has 0 aromatic heterocycles. The van der Waals surface area contributed by atoms with Crippen LogP contribution in [0.5, 0.6) is 0 Å². The lowest BCUT2D eigenvalue weighted by molar-refractivity contribution is -0.205. The van der Waals surface area contributed by atoms with E-state index in [4.69, 9.17) is 0 Å². The van der Waals surface area contributed by atoms with Gasteiger partial charge < -0.3 is 10.2 Å². The van der Waals surface area contributed by atoms with Crippen LogP contribution in [0.1, 0.15) is 106 Å². The van der Waals surface area contributed by atoms with Crippen molar-refractivity contribution < 1.29 is 10.2 Å². The summed E-state index contributed by atoms with van der Waals surface area (Å²) in [7, 11) is 0. The Kier molecular flexibility index (Phi) is 5.19. The van der Waals surface area contributed by atoms with Gasteiger partial charge in [-0.25, -0.2) is 0 Å². The zero-order valence-electron chi connectivity index (χ0n) is 22.0. The number of fused-ring (bicyclic) bond motifs is 7. The molecular formula is C30H50O2. The molecule has 182 valence electrons. The summed E-state index contributed by atoms with van der Waals surface area (Å²) in [5.74, 6) is 3.29. The summed E-state index contributed by atoms with van der Waals surface area (Å²) < 4.78 is 0. The van der Waals surface area contributed by atoms with Crippen LogP contribution in [-0.2, 0) is 0 Å². The molecule has 0 unspecified atom stereocenters. The zero-order valence-corrected chi connectivity index (χ0v) is 22.0. The van der Waals surface area contributed by atoms with E-state index in [2.05, 4.69) is 54.5 Å². The lowest BCUT2D eigenvalue weighted by Gasteiger charge is -2.71. The maximum Gasteiger partial charge on any atom is 0.0594 e. The predicted molar refractivity (Wildman–Crippen MR) is 132 cm³/mol. The largest absolute Gasteiger partial charge is 0.396 e. The van der Waals surface area contributed by atoms with Crippen molar-refractivity contribution in [1.29, 1.82) is 0 Å². The number of aliphatic hydroxyl groups excluding tert-OH is 2. The summed E-state index contributed by atoms with van der Waals surface area (Å²) in [4.78, 5) is 0. The van der Waals surface area contributed by atoms with Crippen LogP contribution < -0.4 is 0 Å². The van der Waals surface area contributed by atoms with Crippen LogP contribution in [0.25, 0.3) is 0 Å². The molecule has 0 heterocycles. The van der Waals surface area contributed by atoms with Gasteiger partial charge in [-0.2, -0.15) is 0 Å². The van der Waals surface area contributed by atoms with Crippen LogP contribution in [0.4, 0.5) is 0 Å². The van der Waals surface area contributed by atoms with Crippen molar-refractivity contribution in [3.8, 4) is 0 Å². The van der Waals surface area contributed by atoms with Crippen LogP contribution in [0.2, 0.25) is 0 Å². The Bertz CT molecular complexity index is 799. The molecule has 0 bridgehead atoms. The second kappa shape index (κ2) is 7.09. The van der Waals surface area contributed by atoms with Gasteiger partial charge in [0.05, 0.1) is 6.10 Å². The molecule has 5 aliphatic rings. The minimum absolute atomic E-state index is 0.0190. The monoisotopic (exact) mass is 442 g/mol. The Morgan fingerprint density at radius 2 is 1.59 bits per heavy atom. The Morgan fingerprint density at radius 1 is 0.875 bits per heavy atom. The molecular weight excluding hydrogens is 392 g/mol. The van der Waals surface area contributed by atoms with E-state index in [-0.39, 0.29) is 22.3 Å². The third-order valence-electron chi connectivity index (χ3n) is 13.5. The molecule has 0 aromatic carbocycles. The van der Waals surface area contributed by atoms with Gasteiger partial charge in [-0.05, 0) is 109 Å². The number of allylic oxidation sites excluding steroid dienone is 2. The highest BCUT2D eigenvalue weighted by atomic mass is 16.3. The van der Waals surface area contributed by atoms with E-state index in [1.807, 2.05) is 0 Å². The molecule has 0 saturated heterocycles. The van der Waals surface area contributed by atoms with Gasteiger partial charge in [-0.3, -0.25) is 0 Å². The van der Waals surface area contributed by atoms with Crippen molar-refractivity contribution in [1.82, 2.24) is 0 Å². The molecule has 5 aliphatic carbocycles. The van der Waals surface area contributed by atoms with Gasteiger partial charge in [0, 0.05) is 12.0 Å². The van der Waals surface area contributed by atoms with E-state index >= 15 is 0 Å². The lowest BCUT2D eigenvalue weighted by Crippen LogP contribution is -2.65. The lowest BCUT2D eigenvalue weighted by atomic mass is 9.33. The molecule has 0 amide bonds. The summed E-state index contributed by atoms with van der Waals surface area (Å²) in [5.41, 5.74) is 2.77. The molecule has 5 rings (SSSR count). The minimum Gasteiger partial charge on any atom is -0.396 e. The van der Waals surface area contributed by atoms with Gasteiger partial charge in [0.15, 0.2) is 0 Å². The van der Waals surface area contributed by atoms with Crippen molar-refractivity contribution in [2.75, 3.05) is 6.61 Å². The van der Waals surface area contributed by atoms with Crippen LogP contribution in [0.15, 0.2) is 11.6 Å². The Balaban J connectivity index is 1.59. The summed E-state index contributed by atoms with van der Waals surface area (Å²) in [6.45, 7) is 17.9. The Hall–Kier alpha value is -0.340. The highest BCUT2D eigenvalue weighted by molar-refractivity contribution is 5.34. The molecule has 0 aliphatic heterocycles. The second-order valence-electron chi connectivity index (χ2n) is 14.5. The zero-order chi connectivity index (χ0) is 23.3. The van der Waals surface area contributed by atoms with E-state index < -0.39 is 0 Å². The van der Waals surface area contributed by atoms with E-state index in [1.54, 1.807) is 5.57 Å². The van der Waals surface area contributed by atoms with Crippen molar-refractivity contribution in [2.45, 2.75) is 112 Å². The number of hydrogen-bond acceptors (Lipinski definition) is 2. The van der Waals surface area contributed by atoms with E-state index in [0.29, 0.717) is 41.1 Å². The molecule has 10 atom stereocenters. The number of aliphatic hydroxyl groups is 2. The summed E-state index contributed by atoms with van der Waals surface area (Å²) in [6.07, 6.45) is 13.4. The number of rotatable bonds is 1. The fourth-order valence-electron chi connectivity index (χ4n) is 10.9. The maximum absolute atomic E-state index is 10.9. The molecule has 0 spiro atoms. The molecule has 32 heavy (non-hydrogen) atoms. The van der Waals surface area contributed by atoms with Crippen LogP contribution in [0.3, 0.4) is 0 Å². The fourth-order valence-corrected chi connectivity index (χ4v) is 10.9. The van der Waals surface area contributed by atoms with E-state index in [1.165, 1.54) is 51.4 Å². The minimum atomic E-state index is -0.153. The van der Waals surface area contributed by atoms with Gasteiger partial charge in [0.1, 0.15) is 0 Å². The van der Waals surface area contributed by atoms with Gasteiger partial charge in [0.25, 0.3) is 0 Å². The van der Waals surface area contributed by atoms with Gasteiger partial charge in [0.2, 0.25) is 0 Å². The van der Waals surface area contributed by atoms with Gasteiger partial charge in [-0.15, -0.1) is 0 Å². The molecule has 4 fully saturated rings. The van der Waals surface area contributed by atoms with Crippen LogP contribution in [0, 0.1) is 56.7 Å².